The summed E-state index contributed by atoms with van der Waals surface area (Å²) in [6.07, 6.45) is 0. The summed E-state index contributed by atoms with van der Waals surface area (Å²) in [4.78, 5) is 0. The van der Waals surface area contributed by atoms with E-state index in [4.69, 9.17) is 0 Å². The van der Waals surface area contributed by atoms with Gasteiger partial charge in [-0.3, -0.25) is 0 Å². The molecule has 0 amide bonds. The molecule has 0 spiro atoms. The summed E-state index contributed by atoms with van der Waals surface area (Å²) in [6.45, 7) is 0. The van der Waals surface area contributed by atoms with Gasteiger partial charge in [-0.05, 0) is 0 Å². The maximum atomic E-state index is 0. The molecule has 0 N–H and O–H groups in total. The normalized spacial score (nSPS) is 0. The molecule has 0 fully saturated rings. The van der Waals surface area contributed by atoms with Crippen LogP contribution in [0, 0.1) is 0 Å². The Balaban J connectivity index is 0. The van der Waals surface area contributed by atoms with Crippen LogP contribution in [0.25, 0.3) is 0 Å². The molecule has 0 rings (SSSR count). The Labute approximate surface area is 110 Å². The van der Waals surface area contributed by atoms with E-state index in [1.54, 1.807) is 0 Å². The minimum atomic E-state index is 0. The van der Waals surface area contributed by atoms with Crippen molar-refractivity contribution in [3.05, 3.63) is 0 Å². The first-order valence-electron chi connectivity index (χ1n) is 0. The van der Waals surface area contributed by atoms with Gasteiger partial charge in [0.05, 0.1) is 0 Å². The Hall–Kier alpha value is 3.68. The Bertz CT molecular complexity index is 11.6. The van der Waals surface area contributed by atoms with Gasteiger partial charge in [0.15, 0.2) is 17.4 Å². The molecule has 0 saturated carbocycles. The van der Waals surface area contributed by atoms with Crippen molar-refractivity contribution in [2.45, 2.75) is 0 Å². The number of hydrogen-bond donors (Lipinski definition) is 0. The third-order valence-corrected chi connectivity index (χ3v) is 0. The van der Waals surface area contributed by atoms with Gasteiger partial charge in [-0.25, -0.2) is 0 Å². The Morgan fingerprint density at radius 1 is 1.00 bits per heavy atom. The molecule has 0 atom stereocenters. The first-order valence-corrected chi connectivity index (χ1v) is 0. The summed E-state index contributed by atoms with van der Waals surface area (Å²) >= 11 is 0. The van der Waals surface area contributed by atoms with Crippen LogP contribution in [0.5, 0.6) is 0 Å². The smallest absolute Gasteiger partial charge is 0 e. The summed E-state index contributed by atoms with van der Waals surface area (Å²) in [6, 6.07) is 0. The molecule has 5 heavy (non-hydrogen) atoms. The van der Waals surface area contributed by atoms with E-state index in [9.17, 15) is 0 Å². The summed E-state index contributed by atoms with van der Waals surface area (Å²) in [5.74, 6) is 0. The van der Waals surface area contributed by atoms with E-state index in [1.807, 2.05) is 0 Å². The third-order valence-electron chi connectivity index (χ3n) is 0. The van der Waals surface area contributed by atoms with Crippen LogP contribution < -0.4 is 0 Å². The van der Waals surface area contributed by atoms with Crippen LogP contribution in [-0.4, -0.2) is 40.4 Å². The number of hydrogen-bond acceptors (Lipinski definition) is 0. The zero-order valence-corrected chi connectivity index (χ0v) is 9.01. The average molecular weight is 258 g/mol. The van der Waals surface area contributed by atoms with Crippen LogP contribution >= 0.6 is 0 Å². The molecule has 19 valence electrons. The molecule has 0 aliphatic heterocycles. The van der Waals surface area contributed by atoms with Gasteiger partial charge in [0.25, 0.3) is 0 Å². The van der Waals surface area contributed by atoms with Crippen molar-refractivity contribution in [1.82, 2.24) is 0 Å². The molecule has 0 aromatic carbocycles. The first kappa shape index (κ1) is 37.8. The van der Waals surface area contributed by atoms with Crippen LogP contribution in [0.15, 0.2) is 0 Å². The second-order valence-corrected chi connectivity index (χ2v) is 0. The molecule has 0 aromatic rings. The molecule has 0 nitrogen and oxygen atoms in total. The van der Waals surface area contributed by atoms with Gasteiger partial charge in [-0.2, -0.15) is 0 Å². The average Bonchev–Trinajstić information content (AvgIpc) is 0. The summed E-state index contributed by atoms with van der Waals surface area (Å²) in [5.41, 5.74) is 0. The van der Waals surface area contributed by atoms with Gasteiger partial charge in [-0.1, -0.05) is 0 Å². The molecule has 0 unspecified atom stereocenters. The minimum Gasteiger partial charge on any atom is 0 e. The van der Waals surface area contributed by atoms with E-state index in [0.29, 0.717) is 0 Å². The molecule has 0 heterocycles. The standard InChI is InChI=1S/Al.Mg.Sc.Zn.Zr.5H. The summed E-state index contributed by atoms with van der Waals surface area (Å²) in [5, 5.41) is 0. The van der Waals surface area contributed by atoms with Crippen molar-refractivity contribution in [1.29, 1.82) is 0 Å². The van der Waals surface area contributed by atoms with Gasteiger partial charge < -0.3 is 0 Å². The van der Waals surface area contributed by atoms with Crippen LogP contribution in [0.1, 0.15) is 0 Å². The molecule has 0 bridgehead atoms. The van der Waals surface area contributed by atoms with Crippen molar-refractivity contribution >= 4 is 40.4 Å². The fourth-order valence-corrected chi connectivity index (χ4v) is 0. The maximum absolute atomic E-state index is 0. The van der Waals surface area contributed by atoms with Gasteiger partial charge in [0.2, 0.25) is 0 Å². The Morgan fingerprint density at radius 3 is 1.00 bits per heavy atom. The van der Waals surface area contributed by atoms with Crippen LogP contribution in [0.3, 0.4) is 0 Å². The SMILES string of the molecule is [AlH3].[MgH2].[Sc].[Zn].[Zr]. The first-order chi connectivity index (χ1) is 0. The van der Waals surface area contributed by atoms with Crippen LogP contribution in [0.4, 0.5) is 0 Å². The fraction of sp³-hybridized carbons (Fsp3) is 0. The second-order valence-electron chi connectivity index (χ2n) is 0. The van der Waals surface area contributed by atoms with Gasteiger partial charge in [0.1, 0.15) is 0 Å². The van der Waals surface area contributed by atoms with E-state index in [2.05, 4.69) is 0 Å². The Morgan fingerprint density at radius 2 is 1.00 bits per heavy atom. The third kappa shape index (κ3) is 18.3. The molecule has 5 heteroatoms. The van der Waals surface area contributed by atoms with Crippen molar-refractivity contribution in [2.24, 2.45) is 0 Å². The Kier molecular flexibility index (Phi) is 192. The van der Waals surface area contributed by atoms with Crippen molar-refractivity contribution < 1.29 is 71.5 Å². The van der Waals surface area contributed by atoms with Crippen LogP contribution in [0.2, 0.25) is 0 Å². The van der Waals surface area contributed by atoms with E-state index in [1.165, 1.54) is 0 Å². The van der Waals surface area contributed by atoms with Crippen molar-refractivity contribution in [3.63, 3.8) is 0 Å². The predicted octanol–water partition coefficient (Wildman–Crippen LogP) is -2.11. The van der Waals surface area contributed by atoms with E-state index >= 15 is 0 Å². The van der Waals surface area contributed by atoms with Crippen LogP contribution in [-0.2, 0) is 71.5 Å². The zero-order valence-electron chi connectivity index (χ0n) is 1.78. The monoisotopic (exact) mass is 255 g/mol. The van der Waals surface area contributed by atoms with E-state index < -0.39 is 0 Å². The molecule has 0 aromatic heterocycles. The molecule has 0 saturated heterocycles. The largest absolute Gasteiger partial charge is 0.316 e. The molecule has 0 aliphatic rings. The minimum absolute atomic E-state index is 0. The van der Waals surface area contributed by atoms with Crippen molar-refractivity contribution in [2.75, 3.05) is 0 Å². The predicted molar refractivity (Wildman–Crippen MR) is 18.5 cm³/mol. The van der Waals surface area contributed by atoms with Gasteiger partial charge >= 0.3 is 23.1 Å². The maximum Gasteiger partial charge on any atom is 0.316 e. The van der Waals surface area contributed by atoms with Crippen molar-refractivity contribution in [3.8, 4) is 0 Å². The van der Waals surface area contributed by atoms with E-state index in [-0.39, 0.29) is 112 Å². The second kappa shape index (κ2) is 25.3. The molecular weight excluding hydrogens is 253 g/mol. The quantitative estimate of drug-likeness (QED) is 0.436. The number of rotatable bonds is 0. The fourth-order valence-electron chi connectivity index (χ4n) is 0. The molecule has 1 radical (unpaired) electrons. The zero-order chi connectivity index (χ0) is 0. The summed E-state index contributed by atoms with van der Waals surface area (Å²) < 4.78 is 0. The van der Waals surface area contributed by atoms with Gasteiger partial charge in [0, 0.05) is 71.5 Å². The topological polar surface area (TPSA) is 0 Å². The molecule has 0 aliphatic carbocycles. The van der Waals surface area contributed by atoms with Gasteiger partial charge in [-0.15, -0.1) is 0 Å². The van der Waals surface area contributed by atoms with E-state index in [0.717, 1.165) is 0 Å². The summed E-state index contributed by atoms with van der Waals surface area (Å²) in [7, 11) is 0. The molecular formula is H5AlMgScZnZr.